The number of imidazole rings is 1. The van der Waals surface area contributed by atoms with Gasteiger partial charge in [-0.05, 0) is 42.0 Å². The molecule has 0 radical (unpaired) electrons. The summed E-state index contributed by atoms with van der Waals surface area (Å²) < 4.78 is 54.5. The highest BCUT2D eigenvalue weighted by Gasteiger charge is 2.43. The highest BCUT2D eigenvalue weighted by Crippen LogP contribution is 2.56. The third kappa shape index (κ3) is 3.40. The van der Waals surface area contributed by atoms with Crippen LogP contribution in [-0.2, 0) is 0 Å². The summed E-state index contributed by atoms with van der Waals surface area (Å²) in [5, 5.41) is 13.2. The van der Waals surface area contributed by atoms with Gasteiger partial charge in [0.15, 0.2) is 5.65 Å². The first-order chi connectivity index (χ1) is 15.9. The molecule has 4 aromatic rings. The monoisotopic (exact) mass is 452 g/mol. The molecular weight excluding hydrogens is 437 g/mol. The Hall–Kier alpha value is -4.20. The Bertz CT molecular complexity index is 1450. The number of rotatable bonds is 5. The molecule has 1 saturated carbocycles. The second kappa shape index (κ2) is 7.74. The first-order valence-electron chi connectivity index (χ1n) is 9.83. The average molecular weight is 452 g/mol. The van der Waals surface area contributed by atoms with Gasteiger partial charge in [-0.15, -0.1) is 0 Å². The molecule has 2 atom stereocenters. The highest BCUT2D eigenvalue weighted by atomic mass is 19.1. The second-order valence-electron chi connectivity index (χ2n) is 7.49. The zero-order valence-electron chi connectivity index (χ0n) is 17.4. The van der Waals surface area contributed by atoms with Gasteiger partial charge in [0, 0.05) is 11.8 Å². The van der Waals surface area contributed by atoms with E-state index in [1.54, 1.807) is 12.1 Å². The quantitative estimate of drug-likeness (QED) is 0.455. The SMILES string of the molecule is COc1ncc(-c2cc([C@H]3C[C@@H]3c3cc(F)c(C#N)cc3F)c3ncc(F)n3n2)c(OC)n1. The molecule has 3 heterocycles. The largest absolute Gasteiger partial charge is 0.480 e. The molecule has 1 fully saturated rings. The minimum atomic E-state index is -0.785. The second-order valence-corrected chi connectivity index (χ2v) is 7.49. The minimum absolute atomic E-state index is 0.0892. The maximum Gasteiger partial charge on any atom is 0.319 e. The Kier molecular flexibility index (Phi) is 4.85. The van der Waals surface area contributed by atoms with Gasteiger partial charge in [0.1, 0.15) is 17.7 Å². The van der Waals surface area contributed by atoms with Gasteiger partial charge in [0.25, 0.3) is 0 Å². The van der Waals surface area contributed by atoms with Crippen molar-refractivity contribution in [3.8, 4) is 29.2 Å². The number of halogens is 3. The Balaban J connectivity index is 1.61. The van der Waals surface area contributed by atoms with Crippen LogP contribution in [-0.4, -0.2) is 38.8 Å². The van der Waals surface area contributed by atoms with Crippen LogP contribution in [0.1, 0.15) is 34.9 Å². The standard InChI is InChI=1S/C22H15F3N6O2/c1-32-21-15(8-28-22(29-21)33-2)18-6-14(20-27-9-19(25)31(20)30-18)12-4-11(12)13-5-16(23)10(7-26)3-17(13)24/h3,5-6,8-9,11-12H,4H2,1-2H3/t11-,12-/m0/s1. The first-order valence-corrected chi connectivity index (χ1v) is 9.83. The van der Waals surface area contributed by atoms with Gasteiger partial charge in [0.05, 0.1) is 37.2 Å². The predicted octanol–water partition coefficient (Wildman–Crippen LogP) is 3.76. The molecule has 1 aliphatic carbocycles. The number of ether oxygens (including phenoxy) is 2. The van der Waals surface area contributed by atoms with Crippen molar-refractivity contribution in [2.24, 2.45) is 0 Å². The third-order valence-corrected chi connectivity index (χ3v) is 5.63. The predicted molar refractivity (Wildman–Crippen MR) is 108 cm³/mol. The molecule has 0 saturated heterocycles. The van der Waals surface area contributed by atoms with Crippen LogP contribution in [0.4, 0.5) is 13.2 Å². The summed E-state index contributed by atoms with van der Waals surface area (Å²) >= 11 is 0. The molecule has 0 unspecified atom stereocenters. The molecule has 3 aromatic heterocycles. The molecule has 1 aliphatic rings. The smallest absolute Gasteiger partial charge is 0.319 e. The lowest BCUT2D eigenvalue weighted by Gasteiger charge is -2.11. The number of aromatic nitrogens is 5. The fourth-order valence-electron chi connectivity index (χ4n) is 3.96. The Morgan fingerprint density at radius 2 is 1.79 bits per heavy atom. The zero-order valence-corrected chi connectivity index (χ0v) is 17.4. The van der Waals surface area contributed by atoms with Crippen LogP contribution < -0.4 is 9.47 Å². The van der Waals surface area contributed by atoms with Crippen molar-refractivity contribution >= 4 is 5.65 Å². The summed E-state index contributed by atoms with van der Waals surface area (Å²) in [4.78, 5) is 12.3. The van der Waals surface area contributed by atoms with Crippen molar-refractivity contribution in [3.05, 3.63) is 64.9 Å². The highest BCUT2D eigenvalue weighted by molar-refractivity contribution is 5.68. The van der Waals surface area contributed by atoms with E-state index in [-0.39, 0.29) is 40.5 Å². The number of nitrogens with zero attached hydrogens (tertiary/aromatic N) is 6. The van der Waals surface area contributed by atoms with Crippen LogP contribution in [0.3, 0.4) is 0 Å². The van der Waals surface area contributed by atoms with Crippen LogP contribution >= 0.6 is 0 Å². The van der Waals surface area contributed by atoms with E-state index in [2.05, 4.69) is 20.1 Å². The summed E-state index contributed by atoms with van der Waals surface area (Å²) in [6.45, 7) is 0. The van der Waals surface area contributed by atoms with Crippen LogP contribution in [0.2, 0.25) is 0 Å². The molecule has 166 valence electrons. The number of nitriles is 1. The van der Waals surface area contributed by atoms with Crippen molar-refractivity contribution in [2.75, 3.05) is 14.2 Å². The van der Waals surface area contributed by atoms with E-state index in [1.165, 1.54) is 20.4 Å². The van der Waals surface area contributed by atoms with Gasteiger partial charge in [-0.2, -0.15) is 24.3 Å². The summed E-state index contributed by atoms with van der Waals surface area (Å²) in [7, 11) is 2.83. The van der Waals surface area contributed by atoms with Gasteiger partial charge >= 0.3 is 6.01 Å². The average Bonchev–Trinajstić information content (AvgIpc) is 3.54. The fourth-order valence-corrected chi connectivity index (χ4v) is 3.96. The number of hydrogen-bond donors (Lipinski definition) is 0. The van der Waals surface area contributed by atoms with E-state index < -0.39 is 17.6 Å². The maximum atomic E-state index is 14.6. The maximum absolute atomic E-state index is 14.6. The molecule has 0 amide bonds. The van der Waals surface area contributed by atoms with Gasteiger partial charge < -0.3 is 9.47 Å². The molecule has 1 aromatic carbocycles. The third-order valence-electron chi connectivity index (χ3n) is 5.63. The van der Waals surface area contributed by atoms with Gasteiger partial charge in [-0.25, -0.2) is 18.7 Å². The summed E-state index contributed by atoms with van der Waals surface area (Å²) in [5.41, 5.74) is 1.38. The van der Waals surface area contributed by atoms with Crippen molar-refractivity contribution in [1.82, 2.24) is 24.6 Å². The van der Waals surface area contributed by atoms with E-state index in [4.69, 9.17) is 14.7 Å². The van der Waals surface area contributed by atoms with Gasteiger partial charge in [-0.1, -0.05) is 0 Å². The van der Waals surface area contributed by atoms with Gasteiger partial charge in [-0.3, -0.25) is 0 Å². The lowest BCUT2D eigenvalue weighted by atomic mass is 10.0. The summed E-state index contributed by atoms with van der Waals surface area (Å²) in [6, 6.07) is 5.35. The molecule has 0 spiro atoms. The van der Waals surface area contributed by atoms with Crippen LogP contribution in [0, 0.1) is 28.9 Å². The topological polar surface area (TPSA) is 98.2 Å². The van der Waals surface area contributed by atoms with Crippen LogP contribution in [0.15, 0.2) is 30.6 Å². The van der Waals surface area contributed by atoms with Gasteiger partial charge in [0.2, 0.25) is 11.8 Å². The van der Waals surface area contributed by atoms with Crippen LogP contribution in [0.25, 0.3) is 16.9 Å². The molecule has 0 N–H and O–H groups in total. The van der Waals surface area contributed by atoms with E-state index >= 15 is 0 Å². The molecule has 5 rings (SSSR count). The number of hydrogen-bond acceptors (Lipinski definition) is 7. The summed E-state index contributed by atoms with van der Waals surface area (Å²) in [5.74, 6) is -2.58. The molecule has 8 nitrogen and oxygen atoms in total. The van der Waals surface area contributed by atoms with E-state index in [0.29, 0.717) is 23.2 Å². The number of fused-ring (bicyclic) bond motifs is 1. The number of methoxy groups -OCH3 is 2. The van der Waals surface area contributed by atoms with E-state index in [9.17, 15) is 13.2 Å². The van der Waals surface area contributed by atoms with Crippen LogP contribution in [0.5, 0.6) is 11.9 Å². The zero-order chi connectivity index (χ0) is 23.3. The number of benzene rings is 1. The first kappa shape index (κ1) is 20.7. The summed E-state index contributed by atoms with van der Waals surface area (Å²) in [6.07, 6.45) is 2.97. The molecule has 11 heteroatoms. The lowest BCUT2D eigenvalue weighted by molar-refractivity contribution is 0.353. The van der Waals surface area contributed by atoms with E-state index in [1.807, 2.05) is 0 Å². The Labute approximate surface area is 185 Å². The molecule has 0 bridgehead atoms. The van der Waals surface area contributed by atoms with Crippen molar-refractivity contribution in [3.63, 3.8) is 0 Å². The normalized spacial score (nSPS) is 17.1. The molecule has 33 heavy (non-hydrogen) atoms. The molecule has 0 aliphatic heterocycles. The fraction of sp³-hybridized carbons (Fsp3) is 0.227. The van der Waals surface area contributed by atoms with Crippen molar-refractivity contribution in [2.45, 2.75) is 18.3 Å². The van der Waals surface area contributed by atoms with Crippen molar-refractivity contribution in [1.29, 1.82) is 5.26 Å². The van der Waals surface area contributed by atoms with Crippen molar-refractivity contribution < 1.29 is 22.6 Å². The Morgan fingerprint density at radius 3 is 2.52 bits per heavy atom. The van der Waals surface area contributed by atoms with E-state index in [0.717, 1.165) is 22.8 Å². The molecular formula is C22H15F3N6O2. The Morgan fingerprint density at radius 1 is 1.00 bits per heavy atom. The minimum Gasteiger partial charge on any atom is -0.480 e. The lowest BCUT2D eigenvalue weighted by Crippen LogP contribution is -2.04.